The van der Waals surface area contributed by atoms with Gasteiger partial charge in [0.1, 0.15) is 5.75 Å². The lowest BCUT2D eigenvalue weighted by Crippen LogP contribution is -2.24. The summed E-state index contributed by atoms with van der Waals surface area (Å²) in [5.41, 5.74) is 3.31. The molecule has 1 aromatic heterocycles. The van der Waals surface area contributed by atoms with E-state index in [4.69, 9.17) is 16.3 Å². The normalized spacial score (nSPS) is 11.9. The third kappa shape index (κ3) is 3.94. The summed E-state index contributed by atoms with van der Waals surface area (Å²) in [6, 6.07) is 14.8. The van der Waals surface area contributed by atoms with E-state index in [1.165, 1.54) is 24.3 Å². The van der Waals surface area contributed by atoms with Crippen LogP contribution < -0.4 is 0 Å². The quantitative estimate of drug-likeness (QED) is 0.492. The highest BCUT2D eigenvalue weighted by Gasteiger charge is 2.24. The molecule has 3 rings (SSSR count). The first-order valence-corrected chi connectivity index (χ1v) is 9.15. The van der Waals surface area contributed by atoms with E-state index in [0.717, 1.165) is 17.1 Å². The zero-order valence-corrected chi connectivity index (χ0v) is 16.5. The van der Waals surface area contributed by atoms with Gasteiger partial charge in [0.15, 0.2) is 6.10 Å². The Morgan fingerprint density at radius 2 is 1.64 bits per heavy atom. The van der Waals surface area contributed by atoms with E-state index in [2.05, 4.69) is 0 Å². The van der Waals surface area contributed by atoms with Crippen LogP contribution in [0.2, 0.25) is 5.02 Å². The molecule has 2 aromatic carbocycles. The van der Waals surface area contributed by atoms with Gasteiger partial charge in [0.25, 0.3) is 0 Å². The Morgan fingerprint density at radius 1 is 1.04 bits per heavy atom. The topological polar surface area (TPSA) is 68.5 Å². The smallest absolute Gasteiger partial charge is 0.338 e. The highest BCUT2D eigenvalue weighted by Crippen LogP contribution is 2.24. The maximum atomic E-state index is 12.9. The number of hydrogen-bond acceptors (Lipinski definition) is 4. The minimum Gasteiger partial charge on any atom is -0.508 e. The fraction of sp³-hybridized carbons (Fsp3) is 0.182. The maximum absolute atomic E-state index is 12.9. The molecule has 0 radical (unpaired) electrons. The second kappa shape index (κ2) is 7.90. The van der Waals surface area contributed by atoms with Gasteiger partial charge >= 0.3 is 5.97 Å². The number of phenolic OH excluding ortho intramolecular Hbond substituents is 1. The zero-order chi connectivity index (χ0) is 20.4. The molecule has 144 valence electrons. The Morgan fingerprint density at radius 3 is 2.25 bits per heavy atom. The molecular formula is C22H20ClNO4. The van der Waals surface area contributed by atoms with Crippen molar-refractivity contribution in [3.8, 4) is 11.4 Å². The van der Waals surface area contributed by atoms with Crippen LogP contribution >= 0.6 is 11.6 Å². The van der Waals surface area contributed by atoms with Gasteiger partial charge in [-0.3, -0.25) is 4.79 Å². The molecule has 1 heterocycles. The molecule has 0 saturated heterocycles. The lowest BCUT2D eigenvalue weighted by atomic mass is 10.1. The number of carbonyl (C=O) groups is 2. The van der Waals surface area contributed by atoms with Crippen molar-refractivity contribution in [2.45, 2.75) is 26.9 Å². The Labute approximate surface area is 168 Å². The van der Waals surface area contributed by atoms with Gasteiger partial charge in [-0.15, -0.1) is 0 Å². The number of benzene rings is 2. The van der Waals surface area contributed by atoms with Crippen molar-refractivity contribution in [2.24, 2.45) is 0 Å². The molecule has 0 spiro atoms. The first kappa shape index (κ1) is 19.7. The van der Waals surface area contributed by atoms with Gasteiger partial charge in [0.05, 0.1) is 5.56 Å². The number of hydrogen-bond donors (Lipinski definition) is 1. The molecule has 6 heteroatoms. The highest BCUT2D eigenvalue weighted by molar-refractivity contribution is 6.30. The molecule has 0 unspecified atom stereocenters. The number of phenols is 1. The minimum absolute atomic E-state index is 0.0512. The van der Waals surface area contributed by atoms with Gasteiger partial charge in [-0.25, -0.2) is 4.79 Å². The lowest BCUT2D eigenvalue weighted by molar-refractivity contribution is 0.0318. The predicted octanol–water partition coefficient (Wildman–Crippen LogP) is 4.88. The summed E-state index contributed by atoms with van der Waals surface area (Å²) in [5.74, 6) is -0.844. The number of ether oxygens (including phenoxy) is 1. The van der Waals surface area contributed by atoms with E-state index >= 15 is 0 Å². The van der Waals surface area contributed by atoms with Crippen LogP contribution in [0.4, 0.5) is 0 Å². The fourth-order valence-electron chi connectivity index (χ4n) is 3.10. The molecule has 5 nitrogen and oxygen atoms in total. The summed E-state index contributed by atoms with van der Waals surface area (Å²) in [6.07, 6.45) is -0.944. The van der Waals surface area contributed by atoms with Crippen molar-refractivity contribution in [3.05, 3.63) is 82.1 Å². The number of aryl methyl sites for hydroxylation is 1. The predicted molar refractivity (Wildman–Crippen MR) is 108 cm³/mol. The van der Waals surface area contributed by atoms with E-state index in [1.54, 1.807) is 25.1 Å². The number of Topliss-reactive ketones (excluding diaryl/α,β-unsaturated/α-hetero) is 1. The Bertz CT molecular complexity index is 1020. The van der Waals surface area contributed by atoms with Crippen molar-refractivity contribution < 1.29 is 19.4 Å². The third-order valence-electron chi connectivity index (χ3n) is 4.54. The average Bonchev–Trinajstić information content (AvgIpc) is 2.96. The maximum Gasteiger partial charge on any atom is 0.338 e. The van der Waals surface area contributed by atoms with E-state index < -0.39 is 12.1 Å². The molecule has 3 aromatic rings. The largest absolute Gasteiger partial charge is 0.508 e. The molecule has 1 N–H and O–H groups in total. The summed E-state index contributed by atoms with van der Waals surface area (Å²) >= 11 is 5.96. The number of esters is 1. The summed E-state index contributed by atoms with van der Waals surface area (Å²) in [7, 11) is 0. The van der Waals surface area contributed by atoms with Crippen LogP contribution in [-0.2, 0) is 4.74 Å². The molecule has 0 aliphatic rings. The monoisotopic (exact) mass is 397 g/mol. The highest BCUT2D eigenvalue weighted by atomic mass is 35.5. The molecule has 0 fully saturated rings. The van der Waals surface area contributed by atoms with Gasteiger partial charge < -0.3 is 14.4 Å². The van der Waals surface area contributed by atoms with Gasteiger partial charge in [-0.05, 0) is 75.4 Å². The molecular weight excluding hydrogens is 378 g/mol. The number of rotatable bonds is 5. The number of nitrogens with zero attached hydrogens (tertiary/aromatic N) is 1. The van der Waals surface area contributed by atoms with Crippen LogP contribution in [0, 0.1) is 13.8 Å². The van der Waals surface area contributed by atoms with Gasteiger partial charge in [0, 0.05) is 27.7 Å². The first-order valence-electron chi connectivity index (χ1n) is 8.77. The summed E-state index contributed by atoms with van der Waals surface area (Å²) < 4.78 is 7.28. The summed E-state index contributed by atoms with van der Waals surface area (Å²) in [4.78, 5) is 25.1. The Balaban J connectivity index is 1.82. The standard InChI is InChI=1S/C22H20ClNO4/c1-13-12-20(14(2)24(13)18-8-6-17(23)7-9-18)21(26)15(3)28-22(27)16-4-10-19(25)11-5-16/h4-12,15,25H,1-3H3/t15-/m1/s1. The minimum atomic E-state index is -0.944. The first-order chi connectivity index (χ1) is 13.3. The van der Waals surface area contributed by atoms with Gasteiger partial charge in [0.2, 0.25) is 5.78 Å². The van der Waals surface area contributed by atoms with Crippen LogP contribution in [0.15, 0.2) is 54.6 Å². The van der Waals surface area contributed by atoms with Gasteiger partial charge in [-0.1, -0.05) is 11.6 Å². The van der Waals surface area contributed by atoms with Crippen LogP contribution in [0.5, 0.6) is 5.75 Å². The summed E-state index contributed by atoms with van der Waals surface area (Å²) in [5, 5.41) is 9.95. The molecule has 0 aliphatic heterocycles. The number of halogens is 1. The second-order valence-electron chi connectivity index (χ2n) is 6.56. The van der Waals surface area contributed by atoms with E-state index in [9.17, 15) is 14.7 Å². The number of aromatic nitrogens is 1. The SMILES string of the molecule is Cc1cc(C(=O)[C@@H](C)OC(=O)c2ccc(O)cc2)c(C)n1-c1ccc(Cl)cc1. The van der Waals surface area contributed by atoms with Crippen LogP contribution in [0.25, 0.3) is 5.69 Å². The van der Waals surface area contributed by atoms with Crippen LogP contribution in [-0.4, -0.2) is 27.5 Å². The van der Waals surface area contributed by atoms with Crippen molar-refractivity contribution in [3.63, 3.8) is 0 Å². The van der Waals surface area contributed by atoms with Gasteiger partial charge in [-0.2, -0.15) is 0 Å². The number of ketones is 1. The van der Waals surface area contributed by atoms with Crippen LogP contribution in [0.3, 0.4) is 0 Å². The van der Waals surface area contributed by atoms with E-state index in [0.29, 0.717) is 10.6 Å². The van der Waals surface area contributed by atoms with Crippen molar-refractivity contribution in [2.75, 3.05) is 0 Å². The zero-order valence-electron chi connectivity index (χ0n) is 15.8. The second-order valence-corrected chi connectivity index (χ2v) is 6.99. The third-order valence-corrected chi connectivity index (χ3v) is 4.79. The van der Waals surface area contributed by atoms with E-state index in [-0.39, 0.29) is 17.1 Å². The Kier molecular flexibility index (Phi) is 5.56. The molecule has 0 saturated carbocycles. The van der Waals surface area contributed by atoms with Crippen molar-refractivity contribution in [1.29, 1.82) is 0 Å². The molecule has 0 bridgehead atoms. The average molecular weight is 398 g/mol. The molecule has 28 heavy (non-hydrogen) atoms. The number of carbonyl (C=O) groups excluding carboxylic acids is 2. The van der Waals surface area contributed by atoms with Crippen LogP contribution in [0.1, 0.15) is 39.0 Å². The summed E-state index contributed by atoms with van der Waals surface area (Å²) in [6.45, 7) is 5.31. The molecule has 0 amide bonds. The lowest BCUT2D eigenvalue weighted by Gasteiger charge is -2.13. The number of aromatic hydroxyl groups is 1. The fourth-order valence-corrected chi connectivity index (χ4v) is 3.22. The molecule has 0 aliphatic carbocycles. The Hall–Kier alpha value is -3.05. The van der Waals surface area contributed by atoms with Crippen molar-refractivity contribution >= 4 is 23.4 Å². The van der Waals surface area contributed by atoms with Crippen molar-refractivity contribution in [1.82, 2.24) is 4.57 Å². The van der Waals surface area contributed by atoms with E-state index in [1.807, 2.05) is 30.5 Å². The molecule has 1 atom stereocenters.